The van der Waals surface area contributed by atoms with Crippen molar-refractivity contribution in [3.05, 3.63) is 12.2 Å². The van der Waals surface area contributed by atoms with E-state index >= 15 is 0 Å². The van der Waals surface area contributed by atoms with E-state index in [9.17, 15) is 4.79 Å². The highest BCUT2D eigenvalue weighted by atomic mass is 16.6. The van der Waals surface area contributed by atoms with Crippen LogP contribution in [0.5, 0.6) is 0 Å². The molecule has 1 saturated carbocycles. The van der Waals surface area contributed by atoms with Gasteiger partial charge in [0.05, 0.1) is 0 Å². The number of rotatable bonds is 6. The van der Waals surface area contributed by atoms with Crippen molar-refractivity contribution in [3.8, 4) is 0 Å². The first-order chi connectivity index (χ1) is 9.90. The lowest BCUT2D eigenvalue weighted by Crippen LogP contribution is -2.48. The molecule has 0 spiro atoms. The third-order valence-corrected chi connectivity index (χ3v) is 4.41. The Morgan fingerprint density at radius 2 is 2.19 bits per heavy atom. The van der Waals surface area contributed by atoms with Gasteiger partial charge in [0, 0.05) is 19.1 Å². The Balaban J connectivity index is 1.62. The molecule has 0 aromatic rings. The summed E-state index contributed by atoms with van der Waals surface area (Å²) in [5.41, 5.74) is -0.418. The topological polar surface area (TPSA) is 41.6 Å². The second-order valence-corrected chi connectivity index (χ2v) is 7.21. The summed E-state index contributed by atoms with van der Waals surface area (Å²) in [6.45, 7) is 10.1. The minimum atomic E-state index is -0.418. The van der Waals surface area contributed by atoms with Gasteiger partial charge in [0.25, 0.3) is 0 Å². The predicted molar refractivity (Wildman–Crippen MR) is 85.2 cm³/mol. The number of fused-ring (bicyclic) bond motifs is 1. The van der Waals surface area contributed by atoms with Crippen LogP contribution in [0, 0.1) is 11.8 Å². The van der Waals surface area contributed by atoms with E-state index < -0.39 is 5.60 Å². The Labute approximate surface area is 128 Å². The van der Waals surface area contributed by atoms with Crippen LogP contribution >= 0.6 is 0 Å². The van der Waals surface area contributed by atoms with Crippen LogP contribution in [0.4, 0.5) is 4.79 Å². The van der Waals surface area contributed by atoms with Gasteiger partial charge in [-0.05, 0) is 65.3 Å². The number of carbonyl (C=O) groups excluding carboxylic acids is 1. The van der Waals surface area contributed by atoms with Crippen molar-refractivity contribution in [2.75, 3.05) is 19.6 Å². The van der Waals surface area contributed by atoms with E-state index in [1.54, 1.807) is 4.90 Å². The van der Waals surface area contributed by atoms with E-state index in [4.69, 9.17) is 4.74 Å². The fraction of sp³-hybridized carbons (Fsp3) is 0.824. The zero-order valence-electron chi connectivity index (χ0n) is 13.9. The van der Waals surface area contributed by atoms with Gasteiger partial charge in [-0.15, -0.1) is 0 Å². The van der Waals surface area contributed by atoms with Gasteiger partial charge < -0.3 is 15.0 Å². The molecule has 0 heterocycles. The monoisotopic (exact) mass is 294 g/mol. The molecule has 2 aliphatic rings. The molecule has 1 N–H and O–H groups in total. The molecule has 0 saturated heterocycles. The predicted octanol–water partition coefficient (Wildman–Crippen LogP) is 3.19. The number of hydrogen-bond acceptors (Lipinski definition) is 3. The second kappa shape index (κ2) is 6.82. The van der Waals surface area contributed by atoms with Gasteiger partial charge in [0.2, 0.25) is 0 Å². The van der Waals surface area contributed by atoms with Gasteiger partial charge in [-0.2, -0.15) is 0 Å². The molecular weight excluding hydrogens is 264 g/mol. The van der Waals surface area contributed by atoms with Crippen LogP contribution < -0.4 is 5.32 Å². The number of hydrogen-bond donors (Lipinski definition) is 1. The molecule has 1 amide bonds. The zero-order chi connectivity index (χ0) is 15.5. The highest BCUT2D eigenvalue weighted by Gasteiger charge is 2.40. The van der Waals surface area contributed by atoms with E-state index in [1.165, 1.54) is 12.8 Å². The smallest absolute Gasteiger partial charge is 0.410 e. The summed E-state index contributed by atoms with van der Waals surface area (Å²) in [6.07, 6.45) is 8.03. The number of nitrogens with zero attached hydrogens (tertiary/aromatic N) is 1. The summed E-state index contributed by atoms with van der Waals surface area (Å²) in [5.74, 6) is 1.66. The number of ether oxygens (including phenoxy) is 1. The lowest BCUT2D eigenvalue weighted by Gasteiger charge is -2.41. The maximum atomic E-state index is 12.0. The molecule has 0 aromatic carbocycles. The van der Waals surface area contributed by atoms with Crippen molar-refractivity contribution in [1.29, 1.82) is 0 Å². The van der Waals surface area contributed by atoms with Crippen LogP contribution in [0.3, 0.4) is 0 Å². The zero-order valence-corrected chi connectivity index (χ0v) is 13.9. The maximum Gasteiger partial charge on any atom is 0.410 e. The van der Waals surface area contributed by atoms with Crippen molar-refractivity contribution in [2.24, 2.45) is 11.8 Å². The highest BCUT2D eigenvalue weighted by Crippen LogP contribution is 2.42. The van der Waals surface area contributed by atoms with Crippen molar-refractivity contribution in [3.63, 3.8) is 0 Å². The Bertz CT molecular complexity index is 387. The molecule has 0 aliphatic heterocycles. The van der Waals surface area contributed by atoms with Crippen LogP contribution in [0.15, 0.2) is 12.2 Å². The largest absolute Gasteiger partial charge is 0.444 e. The first kappa shape index (κ1) is 16.3. The van der Waals surface area contributed by atoms with Crippen LogP contribution in [-0.4, -0.2) is 42.3 Å². The lowest BCUT2D eigenvalue weighted by molar-refractivity contribution is 0.0257. The molecule has 21 heavy (non-hydrogen) atoms. The molecule has 4 nitrogen and oxygen atoms in total. The molecular formula is C17H30N2O2. The fourth-order valence-electron chi connectivity index (χ4n) is 3.21. The fourth-order valence-corrected chi connectivity index (χ4v) is 3.21. The molecule has 3 unspecified atom stereocenters. The summed E-state index contributed by atoms with van der Waals surface area (Å²) in [5, 5.41) is 3.63. The second-order valence-electron chi connectivity index (χ2n) is 7.21. The first-order valence-electron chi connectivity index (χ1n) is 8.28. The third-order valence-electron chi connectivity index (χ3n) is 4.41. The Hall–Kier alpha value is -1.03. The van der Waals surface area contributed by atoms with Gasteiger partial charge in [0.15, 0.2) is 0 Å². The van der Waals surface area contributed by atoms with Crippen LogP contribution in [0.2, 0.25) is 0 Å². The Morgan fingerprint density at radius 1 is 1.43 bits per heavy atom. The highest BCUT2D eigenvalue weighted by molar-refractivity contribution is 5.68. The average Bonchev–Trinajstić information content (AvgIpc) is 2.73. The van der Waals surface area contributed by atoms with Crippen molar-refractivity contribution in [2.45, 2.75) is 58.6 Å². The van der Waals surface area contributed by atoms with E-state index in [0.717, 1.165) is 31.3 Å². The molecule has 3 atom stereocenters. The number of allylic oxidation sites excluding steroid dienone is 1. The molecule has 0 aromatic heterocycles. The van der Waals surface area contributed by atoms with Gasteiger partial charge in [-0.25, -0.2) is 4.79 Å². The first-order valence-corrected chi connectivity index (χ1v) is 8.28. The lowest BCUT2D eigenvalue weighted by atomic mass is 9.71. The molecule has 0 bridgehead atoms. The van der Waals surface area contributed by atoms with Crippen LogP contribution in [0.1, 0.15) is 47.0 Å². The number of amides is 1. The van der Waals surface area contributed by atoms with E-state index in [0.29, 0.717) is 12.6 Å². The molecule has 2 aliphatic carbocycles. The molecule has 2 rings (SSSR count). The summed E-state index contributed by atoms with van der Waals surface area (Å²) in [4.78, 5) is 13.8. The van der Waals surface area contributed by atoms with Gasteiger partial charge in [0.1, 0.15) is 5.60 Å². The Kier molecular flexibility index (Phi) is 5.31. The van der Waals surface area contributed by atoms with E-state index in [1.807, 2.05) is 27.7 Å². The third kappa shape index (κ3) is 4.47. The summed E-state index contributed by atoms with van der Waals surface area (Å²) in [6, 6.07) is 0.658. The van der Waals surface area contributed by atoms with Crippen LogP contribution in [0.25, 0.3) is 0 Å². The van der Waals surface area contributed by atoms with Gasteiger partial charge >= 0.3 is 6.09 Å². The van der Waals surface area contributed by atoms with E-state index in [-0.39, 0.29) is 6.09 Å². The summed E-state index contributed by atoms with van der Waals surface area (Å²) in [7, 11) is 0. The maximum absolute atomic E-state index is 12.0. The molecule has 1 fully saturated rings. The molecule has 4 heteroatoms. The quantitative estimate of drug-likeness (QED) is 0.604. The molecule has 120 valence electrons. The van der Waals surface area contributed by atoms with Gasteiger partial charge in [-0.1, -0.05) is 12.2 Å². The van der Waals surface area contributed by atoms with E-state index in [2.05, 4.69) is 17.5 Å². The Morgan fingerprint density at radius 3 is 2.81 bits per heavy atom. The SMILES string of the molecule is CCN(CCCNC1CC2CC=CC21)C(=O)OC(C)(C)C. The minimum Gasteiger partial charge on any atom is -0.444 e. The standard InChI is InChI=1S/C17H30N2O2/c1-5-19(16(20)21-17(2,3)4)11-7-10-18-15-12-13-8-6-9-14(13)15/h6,9,13-15,18H,5,7-8,10-12H2,1-4H3. The summed E-state index contributed by atoms with van der Waals surface area (Å²) < 4.78 is 5.42. The average molecular weight is 294 g/mol. The van der Waals surface area contributed by atoms with Crippen LogP contribution in [-0.2, 0) is 4.74 Å². The number of carbonyl (C=O) groups is 1. The summed E-state index contributed by atoms with van der Waals surface area (Å²) >= 11 is 0. The van der Waals surface area contributed by atoms with Crippen molar-refractivity contribution in [1.82, 2.24) is 10.2 Å². The van der Waals surface area contributed by atoms with Gasteiger partial charge in [-0.3, -0.25) is 0 Å². The minimum absolute atomic E-state index is 0.201. The molecule has 0 radical (unpaired) electrons. The van der Waals surface area contributed by atoms with Crippen molar-refractivity contribution < 1.29 is 9.53 Å². The van der Waals surface area contributed by atoms with Crippen molar-refractivity contribution >= 4 is 6.09 Å². The normalized spacial score (nSPS) is 27.1. The number of nitrogens with one attached hydrogen (secondary N) is 1.